The van der Waals surface area contributed by atoms with E-state index < -0.39 is 43.1 Å². The molecule has 5 N–H and O–H groups in total. The molecule has 2 saturated heterocycles. The Morgan fingerprint density at radius 2 is 2.00 bits per heavy atom. The zero-order valence-electron chi connectivity index (χ0n) is 17.5. The number of β-amino-alcohol motifs (C(OH)–C–C–N with tert-alkyl or cyclic N) is 2. The molecule has 0 radical (unpaired) electrons. The zero-order valence-corrected chi connectivity index (χ0v) is 17.5. The van der Waals surface area contributed by atoms with Gasteiger partial charge in [-0.1, -0.05) is 0 Å². The van der Waals surface area contributed by atoms with Crippen molar-refractivity contribution in [2.24, 2.45) is 10.7 Å². The Hall–Kier alpha value is -3.56. The van der Waals surface area contributed by atoms with Crippen molar-refractivity contribution in [3.63, 3.8) is 0 Å². The molecule has 1 aromatic carbocycles. The number of nitrogens with zero attached hydrogens (tertiary/aromatic N) is 4. The van der Waals surface area contributed by atoms with E-state index in [2.05, 4.69) is 15.0 Å². The molecule has 1 aromatic rings. The van der Waals surface area contributed by atoms with Crippen molar-refractivity contribution in [1.29, 1.82) is 0 Å². The number of amides is 3. The van der Waals surface area contributed by atoms with Gasteiger partial charge in [0.25, 0.3) is 5.91 Å². The lowest BCUT2D eigenvalue weighted by Crippen LogP contribution is -2.39. The number of hydrogen-bond acceptors (Lipinski definition) is 9. The summed E-state index contributed by atoms with van der Waals surface area (Å²) in [5.41, 5.74) is 5.74. The second kappa shape index (κ2) is 9.00. The number of aliphatic hydroxyl groups is 2. The van der Waals surface area contributed by atoms with E-state index in [-0.39, 0.29) is 49.0 Å². The number of ether oxygens (including phenoxy) is 2. The van der Waals surface area contributed by atoms with Crippen LogP contribution in [-0.2, 0) is 9.53 Å². The fourth-order valence-corrected chi connectivity index (χ4v) is 3.83. The van der Waals surface area contributed by atoms with Gasteiger partial charge in [-0.3, -0.25) is 9.69 Å². The van der Waals surface area contributed by atoms with E-state index in [0.717, 1.165) is 15.9 Å². The molecule has 0 aromatic heterocycles. The number of fused-ring (bicyclic) bond motifs is 1. The monoisotopic (exact) mass is 486 g/mol. The Bertz CT molecular complexity index is 1050. The number of nitrogens with one attached hydrogen (secondary N) is 1. The number of benzene rings is 1. The molecule has 0 spiro atoms. The predicted octanol–water partition coefficient (Wildman–Crippen LogP) is -0.371. The number of rotatable bonds is 5. The van der Waals surface area contributed by atoms with Crippen molar-refractivity contribution in [1.82, 2.24) is 10.2 Å². The number of urea groups is 1. The van der Waals surface area contributed by atoms with Gasteiger partial charge in [0, 0.05) is 31.4 Å². The average Bonchev–Trinajstić information content (AvgIpc) is 2.99. The standard InChI is InChI=1S/C19H21F3N6O6/c20-19(21,22)34-12-7-10(1-2-11(12)28-4-3-26(18(28)32)8-13(29)30)27-5-6-33-16-14(17(27)31)15(23)24-9-25-16/h1-2,7,9,13,16,29-30H,3-6,8,23H2,(H,24,25). The summed E-state index contributed by atoms with van der Waals surface area (Å²) in [5, 5.41) is 20.8. The highest BCUT2D eigenvalue weighted by Gasteiger charge is 2.38. The molecular formula is C19H21F3N6O6. The predicted molar refractivity (Wildman–Crippen MR) is 111 cm³/mol. The Balaban J connectivity index is 1.68. The van der Waals surface area contributed by atoms with E-state index in [9.17, 15) is 22.8 Å². The van der Waals surface area contributed by atoms with E-state index in [1.54, 1.807) is 0 Å². The SMILES string of the molecule is NC1=C2C(=O)N(c3ccc(N4CCN(CC(O)O)C4=O)c(OC(F)(F)F)c3)CCOC2N=CN1. The molecule has 12 nitrogen and oxygen atoms in total. The normalized spacial score (nSPS) is 21.2. The number of aliphatic imine (C=N–C) groups is 1. The smallest absolute Gasteiger partial charge is 0.403 e. The van der Waals surface area contributed by atoms with Crippen LogP contribution in [0.3, 0.4) is 0 Å². The highest BCUT2D eigenvalue weighted by molar-refractivity contribution is 6.08. The molecule has 0 saturated carbocycles. The van der Waals surface area contributed by atoms with Gasteiger partial charge >= 0.3 is 12.4 Å². The van der Waals surface area contributed by atoms with Crippen molar-refractivity contribution in [3.8, 4) is 5.75 Å². The quantitative estimate of drug-likeness (QED) is 0.411. The third kappa shape index (κ3) is 4.71. The number of alkyl halides is 3. The number of anilines is 2. The number of hydrogen-bond donors (Lipinski definition) is 4. The van der Waals surface area contributed by atoms with Gasteiger partial charge in [0.15, 0.2) is 18.3 Å². The minimum absolute atomic E-state index is 0.00273. The Morgan fingerprint density at radius 1 is 1.24 bits per heavy atom. The largest absolute Gasteiger partial charge is 0.573 e. The maximum absolute atomic E-state index is 13.2. The molecule has 15 heteroatoms. The van der Waals surface area contributed by atoms with Gasteiger partial charge in [0.2, 0.25) is 0 Å². The molecule has 4 rings (SSSR count). The molecule has 34 heavy (non-hydrogen) atoms. The van der Waals surface area contributed by atoms with Gasteiger partial charge in [-0.15, -0.1) is 13.2 Å². The average molecular weight is 486 g/mol. The topological polar surface area (TPSA) is 153 Å². The molecule has 3 amide bonds. The minimum atomic E-state index is -5.08. The lowest BCUT2D eigenvalue weighted by molar-refractivity contribution is -0.274. The van der Waals surface area contributed by atoms with E-state index >= 15 is 0 Å². The number of aliphatic hydroxyl groups excluding tert-OH is 1. The molecule has 3 aliphatic rings. The van der Waals surface area contributed by atoms with Crippen molar-refractivity contribution >= 4 is 29.7 Å². The fourth-order valence-electron chi connectivity index (χ4n) is 3.83. The molecule has 0 aliphatic carbocycles. The van der Waals surface area contributed by atoms with Crippen molar-refractivity contribution in [2.45, 2.75) is 18.9 Å². The Labute approximate surface area is 190 Å². The van der Waals surface area contributed by atoms with Crippen molar-refractivity contribution in [2.75, 3.05) is 42.6 Å². The van der Waals surface area contributed by atoms with Gasteiger partial charge < -0.3 is 40.5 Å². The van der Waals surface area contributed by atoms with Crippen LogP contribution in [0.2, 0.25) is 0 Å². The lowest BCUT2D eigenvalue weighted by atomic mass is 10.1. The first kappa shape index (κ1) is 23.6. The first-order valence-electron chi connectivity index (χ1n) is 10.1. The Kier molecular flexibility index (Phi) is 6.24. The van der Waals surface area contributed by atoms with E-state index in [0.29, 0.717) is 0 Å². The number of halogens is 3. The molecule has 0 bridgehead atoms. The van der Waals surface area contributed by atoms with Crippen molar-refractivity contribution < 1.29 is 42.4 Å². The van der Waals surface area contributed by atoms with E-state index in [4.69, 9.17) is 20.7 Å². The Morgan fingerprint density at radius 3 is 2.71 bits per heavy atom. The fraction of sp³-hybridized carbons (Fsp3) is 0.421. The molecule has 184 valence electrons. The van der Waals surface area contributed by atoms with Crippen molar-refractivity contribution in [3.05, 3.63) is 29.6 Å². The number of carbonyl (C=O) groups is 2. The zero-order chi connectivity index (χ0) is 24.6. The van der Waals surface area contributed by atoms with E-state index in [1.807, 2.05) is 0 Å². The van der Waals surface area contributed by atoms with Gasteiger partial charge in [0.1, 0.15) is 11.4 Å². The molecule has 1 atom stereocenters. The summed E-state index contributed by atoms with van der Waals surface area (Å²) in [7, 11) is 0. The van der Waals surface area contributed by atoms with Crippen LogP contribution in [0.4, 0.5) is 29.3 Å². The van der Waals surface area contributed by atoms with E-state index in [1.165, 1.54) is 23.4 Å². The first-order valence-corrected chi connectivity index (χ1v) is 10.1. The van der Waals surface area contributed by atoms with Gasteiger partial charge in [-0.05, 0) is 12.1 Å². The molecule has 3 aliphatic heterocycles. The van der Waals surface area contributed by atoms with Gasteiger partial charge in [-0.25, -0.2) is 9.79 Å². The van der Waals surface area contributed by atoms with Crippen LogP contribution in [0.15, 0.2) is 34.6 Å². The molecule has 3 heterocycles. The third-order valence-corrected chi connectivity index (χ3v) is 5.28. The highest BCUT2D eigenvalue weighted by Crippen LogP contribution is 2.38. The summed E-state index contributed by atoms with van der Waals surface area (Å²) in [6, 6.07) is 2.86. The summed E-state index contributed by atoms with van der Waals surface area (Å²) in [5.74, 6) is -1.31. The lowest BCUT2D eigenvalue weighted by Gasteiger charge is -2.26. The van der Waals surface area contributed by atoms with Gasteiger partial charge in [-0.2, -0.15) is 0 Å². The van der Waals surface area contributed by atoms with Crippen LogP contribution in [0.1, 0.15) is 0 Å². The van der Waals surface area contributed by atoms with Crippen LogP contribution >= 0.6 is 0 Å². The minimum Gasteiger partial charge on any atom is -0.403 e. The summed E-state index contributed by atoms with van der Waals surface area (Å²) >= 11 is 0. The molecular weight excluding hydrogens is 465 g/mol. The highest BCUT2D eigenvalue weighted by atomic mass is 19.4. The maximum atomic E-state index is 13.2. The maximum Gasteiger partial charge on any atom is 0.573 e. The van der Waals surface area contributed by atoms with Gasteiger partial charge in [0.05, 0.1) is 25.2 Å². The third-order valence-electron chi connectivity index (χ3n) is 5.28. The summed E-state index contributed by atoms with van der Waals surface area (Å²) in [6.07, 6.45) is -6.54. The summed E-state index contributed by atoms with van der Waals surface area (Å²) < 4.78 is 49.3. The number of carbonyl (C=O) groups excluding carboxylic acids is 2. The molecule has 1 unspecified atom stereocenters. The number of nitrogens with two attached hydrogens (primary N) is 1. The van der Waals surface area contributed by atoms with Crippen LogP contribution in [0.25, 0.3) is 0 Å². The second-order valence-corrected chi connectivity index (χ2v) is 7.49. The molecule has 2 fully saturated rings. The summed E-state index contributed by atoms with van der Waals surface area (Å²) in [6.45, 7) is -0.320. The van der Waals surface area contributed by atoms with Crippen LogP contribution in [0.5, 0.6) is 5.75 Å². The summed E-state index contributed by atoms with van der Waals surface area (Å²) in [4.78, 5) is 33.0. The van der Waals surface area contributed by atoms with Crippen LogP contribution in [0, 0.1) is 0 Å². The van der Waals surface area contributed by atoms with Crippen LogP contribution < -0.4 is 25.6 Å². The van der Waals surface area contributed by atoms with Crippen LogP contribution in [-0.4, -0.2) is 85.1 Å². The second-order valence-electron chi connectivity index (χ2n) is 7.49. The first-order chi connectivity index (χ1) is 16.0.